The number of benzene rings is 1. The minimum atomic E-state index is -0.893. The molecule has 0 amide bonds. The van der Waals surface area contributed by atoms with Crippen molar-refractivity contribution in [2.24, 2.45) is 0 Å². The van der Waals surface area contributed by atoms with Crippen LogP contribution in [0.15, 0.2) is 24.5 Å². The van der Waals surface area contributed by atoms with Crippen molar-refractivity contribution in [2.75, 3.05) is 19.6 Å². The maximum absolute atomic E-state index is 11.0. The fraction of sp³-hybridized carbons (Fsp3) is 0.467. The Morgan fingerprint density at radius 2 is 2.00 bits per heavy atom. The Morgan fingerprint density at radius 3 is 2.75 bits per heavy atom. The summed E-state index contributed by atoms with van der Waals surface area (Å²) < 4.78 is 2.05. The highest BCUT2D eigenvalue weighted by Gasteiger charge is 2.11. The van der Waals surface area contributed by atoms with E-state index in [0.29, 0.717) is 5.56 Å². The highest BCUT2D eigenvalue weighted by molar-refractivity contribution is 5.92. The molecule has 1 aromatic carbocycles. The highest BCUT2D eigenvalue weighted by Crippen LogP contribution is 2.16. The highest BCUT2D eigenvalue weighted by atomic mass is 16.4. The van der Waals surface area contributed by atoms with Gasteiger partial charge in [0.15, 0.2) is 0 Å². The van der Waals surface area contributed by atoms with E-state index in [9.17, 15) is 4.79 Å². The number of aromatic carboxylic acids is 1. The summed E-state index contributed by atoms with van der Waals surface area (Å²) in [6.45, 7) is 4.21. The van der Waals surface area contributed by atoms with E-state index >= 15 is 0 Å². The van der Waals surface area contributed by atoms with E-state index in [0.717, 1.165) is 24.1 Å². The average molecular weight is 273 g/mol. The fourth-order valence-corrected chi connectivity index (χ4v) is 2.80. The van der Waals surface area contributed by atoms with Crippen LogP contribution in [0.4, 0.5) is 0 Å². The average Bonchev–Trinajstić information content (AvgIpc) is 2.88. The Balaban J connectivity index is 1.76. The molecule has 0 bridgehead atoms. The van der Waals surface area contributed by atoms with Crippen molar-refractivity contribution in [1.29, 1.82) is 0 Å². The topological polar surface area (TPSA) is 58.4 Å². The molecule has 1 aliphatic rings. The summed E-state index contributed by atoms with van der Waals surface area (Å²) in [5.41, 5.74) is 2.08. The van der Waals surface area contributed by atoms with Crippen molar-refractivity contribution in [3.63, 3.8) is 0 Å². The van der Waals surface area contributed by atoms with Gasteiger partial charge in [0.25, 0.3) is 0 Å². The molecule has 1 aromatic heterocycles. The summed E-state index contributed by atoms with van der Waals surface area (Å²) in [6.07, 6.45) is 5.72. The van der Waals surface area contributed by atoms with Crippen molar-refractivity contribution in [2.45, 2.75) is 25.8 Å². The third-order valence-corrected chi connectivity index (χ3v) is 3.97. The molecule has 0 radical (unpaired) electrons. The van der Waals surface area contributed by atoms with Crippen LogP contribution in [-0.2, 0) is 6.54 Å². The van der Waals surface area contributed by atoms with Gasteiger partial charge in [-0.3, -0.25) is 0 Å². The van der Waals surface area contributed by atoms with E-state index in [4.69, 9.17) is 5.11 Å². The van der Waals surface area contributed by atoms with Crippen LogP contribution in [0.25, 0.3) is 11.0 Å². The van der Waals surface area contributed by atoms with Crippen molar-refractivity contribution in [1.82, 2.24) is 14.5 Å². The number of carboxylic acids is 1. The number of aromatic nitrogens is 2. The van der Waals surface area contributed by atoms with Crippen LogP contribution >= 0.6 is 0 Å². The number of carbonyl (C=O) groups is 1. The lowest BCUT2D eigenvalue weighted by atomic mass is 10.1. The number of piperidine rings is 1. The first-order chi connectivity index (χ1) is 9.74. The molecule has 2 aromatic rings. The fourth-order valence-electron chi connectivity index (χ4n) is 2.80. The van der Waals surface area contributed by atoms with E-state index in [1.54, 1.807) is 24.5 Å². The minimum absolute atomic E-state index is 0.317. The second-order valence-corrected chi connectivity index (χ2v) is 5.35. The Labute approximate surface area is 117 Å². The Kier molecular flexibility index (Phi) is 3.69. The van der Waals surface area contributed by atoms with Gasteiger partial charge in [0.1, 0.15) is 0 Å². The first-order valence-electron chi connectivity index (χ1n) is 7.14. The number of imidazole rings is 1. The maximum atomic E-state index is 11.0. The molecule has 0 unspecified atom stereocenters. The number of fused-ring (bicyclic) bond motifs is 1. The second kappa shape index (κ2) is 5.63. The molecule has 0 aliphatic carbocycles. The van der Waals surface area contributed by atoms with Gasteiger partial charge in [-0.05, 0) is 44.1 Å². The summed E-state index contributed by atoms with van der Waals surface area (Å²) in [5.74, 6) is -0.893. The zero-order valence-corrected chi connectivity index (χ0v) is 11.5. The third kappa shape index (κ3) is 2.67. The number of rotatable bonds is 4. The number of carboxylic acid groups (broad SMARTS) is 1. The summed E-state index contributed by atoms with van der Waals surface area (Å²) in [7, 11) is 0. The van der Waals surface area contributed by atoms with Crippen LogP contribution in [0.3, 0.4) is 0 Å². The third-order valence-electron chi connectivity index (χ3n) is 3.97. The molecule has 20 heavy (non-hydrogen) atoms. The van der Waals surface area contributed by atoms with Crippen LogP contribution in [0.1, 0.15) is 29.6 Å². The molecule has 5 heteroatoms. The molecule has 0 saturated carbocycles. The van der Waals surface area contributed by atoms with E-state index in [1.807, 2.05) is 0 Å². The quantitative estimate of drug-likeness (QED) is 0.928. The predicted octanol–water partition coefficient (Wildman–Crippen LogP) is 2.22. The molecule has 3 rings (SSSR count). The molecule has 1 saturated heterocycles. The van der Waals surface area contributed by atoms with Crippen LogP contribution in [0, 0.1) is 0 Å². The molecule has 2 heterocycles. The lowest BCUT2D eigenvalue weighted by Gasteiger charge is -2.26. The molecular weight excluding hydrogens is 254 g/mol. The van der Waals surface area contributed by atoms with Crippen molar-refractivity contribution < 1.29 is 9.90 Å². The van der Waals surface area contributed by atoms with E-state index in [1.165, 1.54) is 32.4 Å². The Morgan fingerprint density at radius 1 is 1.20 bits per heavy atom. The predicted molar refractivity (Wildman–Crippen MR) is 77.0 cm³/mol. The first kappa shape index (κ1) is 13.1. The van der Waals surface area contributed by atoms with E-state index in [-0.39, 0.29) is 0 Å². The van der Waals surface area contributed by atoms with Gasteiger partial charge in [-0.1, -0.05) is 6.42 Å². The minimum Gasteiger partial charge on any atom is -0.478 e. The molecule has 106 valence electrons. The number of hydrogen-bond acceptors (Lipinski definition) is 3. The molecular formula is C15H19N3O2. The van der Waals surface area contributed by atoms with Gasteiger partial charge < -0.3 is 14.6 Å². The van der Waals surface area contributed by atoms with E-state index < -0.39 is 5.97 Å². The standard InChI is InChI=1S/C15H19N3O2/c19-15(20)12-4-5-13-14(10-12)18(11-16-13)9-8-17-6-2-1-3-7-17/h4-5,10-11H,1-3,6-9H2,(H,19,20). The molecule has 5 nitrogen and oxygen atoms in total. The lowest BCUT2D eigenvalue weighted by Crippen LogP contribution is -2.32. The van der Waals surface area contributed by atoms with Gasteiger partial charge in [-0.2, -0.15) is 0 Å². The second-order valence-electron chi connectivity index (χ2n) is 5.35. The van der Waals surface area contributed by atoms with Crippen molar-refractivity contribution in [3.05, 3.63) is 30.1 Å². The van der Waals surface area contributed by atoms with Crippen LogP contribution in [0.5, 0.6) is 0 Å². The zero-order valence-electron chi connectivity index (χ0n) is 11.5. The van der Waals surface area contributed by atoms with Gasteiger partial charge in [0.2, 0.25) is 0 Å². The SMILES string of the molecule is O=C(O)c1ccc2ncn(CCN3CCCCC3)c2c1. The van der Waals surface area contributed by atoms with Crippen LogP contribution < -0.4 is 0 Å². The smallest absolute Gasteiger partial charge is 0.335 e. The van der Waals surface area contributed by atoms with Crippen LogP contribution in [-0.4, -0.2) is 45.2 Å². The van der Waals surface area contributed by atoms with Gasteiger partial charge in [-0.15, -0.1) is 0 Å². The monoisotopic (exact) mass is 273 g/mol. The number of nitrogens with zero attached hydrogens (tertiary/aromatic N) is 3. The molecule has 0 atom stereocenters. The Hall–Kier alpha value is -1.88. The number of hydrogen-bond donors (Lipinski definition) is 1. The van der Waals surface area contributed by atoms with E-state index in [2.05, 4.69) is 14.5 Å². The molecule has 1 fully saturated rings. The maximum Gasteiger partial charge on any atom is 0.335 e. The lowest BCUT2D eigenvalue weighted by molar-refractivity contribution is 0.0697. The number of likely N-dealkylation sites (tertiary alicyclic amines) is 1. The molecule has 0 spiro atoms. The summed E-state index contributed by atoms with van der Waals surface area (Å²) in [6, 6.07) is 5.09. The van der Waals surface area contributed by atoms with Gasteiger partial charge >= 0.3 is 5.97 Å². The largest absolute Gasteiger partial charge is 0.478 e. The molecule has 1 aliphatic heterocycles. The normalized spacial score (nSPS) is 16.6. The van der Waals surface area contributed by atoms with Crippen LogP contribution in [0.2, 0.25) is 0 Å². The first-order valence-corrected chi connectivity index (χ1v) is 7.14. The summed E-state index contributed by atoms with van der Waals surface area (Å²) >= 11 is 0. The zero-order chi connectivity index (χ0) is 13.9. The van der Waals surface area contributed by atoms with Gasteiger partial charge in [0, 0.05) is 13.1 Å². The van der Waals surface area contributed by atoms with Gasteiger partial charge in [0.05, 0.1) is 22.9 Å². The van der Waals surface area contributed by atoms with Crippen molar-refractivity contribution >= 4 is 17.0 Å². The van der Waals surface area contributed by atoms with Crippen molar-refractivity contribution in [3.8, 4) is 0 Å². The molecule has 1 N–H and O–H groups in total. The summed E-state index contributed by atoms with van der Waals surface area (Å²) in [5, 5.41) is 9.07. The van der Waals surface area contributed by atoms with Gasteiger partial charge in [-0.25, -0.2) is 9.78 Å². The Bertz CT molecular complexity index is 615. The summed E-state index contributed by atoms with van der Waals surface area (Å²) in [4.78, 5) is 17.8.